The Bertz CT molecular complexity index is 1170. The van der Waals surface area contributed by atoms with Crippen LogP contribution in [0, 0.1) is 6.92 Å². The summed E-state index contributed by atoms with van der Waals surface area (Å²) in [4.78, 5) is 16.9. The smallest absolute Gasteiger partial charge is 0.260 e. The van der Waals surface area contributed by atoms with E-state index in [-0.39, 0.29) is 12.5 Å². The standard InChI is InChI=1S/C24H22N4O/c1-17(19-12-14-21(15-13-19)20-8-4-3-5-9-20)26-27-24(29)16-28-18(2)25-22-10-6-7-11-23(22)28/h3-15H,16H2,1-2H3,(H,27,29)/b26-17+. The molecule has 4 aromatic rings. The number of fused-ring (bicyclic) bond motifs is 1. The number of amides is 1. The fraction of sp³-hybridized carbons (Fsp3) is 0.125. The fourth-order valence-corrected chi connectivity index (χ4v) is 3.32. The van der Waals surface area contributed by atoms with Crippen molar-refractivity contribution >= 4 is 22.7 Å². The van der Waals surface area contributed by atoms with Crippen LogP contribution in [0.1, 0.15) is 18.3 Å². The van der Waals surface area contributed by atoms with Crippen LogP contribution in [0.4, 0.5) is 0 Å². The number of hydrogen-bond donors (Lipinski definition) is 1. The highest BCUT2D eigenvalue weighted by Gasteiger charge is 2.10. The Morgan fingerprint density at radius 3 is 2.34 bits per heavy atom. The number of benzene rings is 3. The van der Waals surface area contributed by atoms with Crippen LogP contribution in [0.2, 0.25) is 0 Å². The van der Waals surface area contributed by atoms with Gasteiger partial charge < -0.3 is 4.57 Å². The first-order valence-electron chi connectivity index (χ1n) is 9.52. The van der Waals surface area contributed by atoms with Crippen molar-refractivity contribution in [1.29, 1.82) is 0 Å². The van der Waals surface area contributed by atoms with Gasteiger partial charge in [0, 0.05) is 0 Å². The molecule has 1 amide bonds. The second-order valence-electron chi connectivity index (χ2n) is 6.91. The number of hydrogen-bond acceptors (Lipinski definition) is 3. The highest BCUT2D eigenvalue weighted by molar-refractivity contribution is 5.99. The van der Waals surface area contributed by atoms with E-state index in [4.69, 9.17) is 0 Å². The van der Waals surface area contributed by atoms with E-state index in [9.17, 15) is 4.79 Å². The Hall–Kier alpha value is -3.73. The Kier molecular flexibility index (Phi) is 5.20. The lowest BCUT2D eigenvalue weighted by Crippen LogP contribution is -2.24. The zero-order valence-corrected chi connectivity index (χ0v) is 16.5. The predicted octanol–water partition coefficient (Wildman–Crippen LogP) is 4.55. The summed E-state index contributed by atoms with van der Waals surface area (Å²) in [5.41, 5.74) is 8.52. The van der Waals surface area contributed by atoms with E-state index in [0.29, 0.717) is 0 Å². The van der Waals surface area contributed by atoms with Crippen molar-refractivity contribution in [3.05, 3.63) is 90.3 Å². The first-order chi connectivity index (χ1) is 14.1. The summed E-state index contributed by atoms with van der Waals surface area (Å²) in [6.07, 6.45) is 0. The molecule has 0 saturated heterocycles. The van der Waals surface area contributed by atoms with Crippen molar-refractivity contribution in [2.75, 3.05) is 0 Å². The number of nitrogens with one attached hydrogen (secondary N) is 1. The lowest BCUT2D eigenvalue weighted by Gasteiger charge is -2.07. The van der Waals surface area contributed by atoms with E-state index in [0.717, 1.165) is 33.7 Å². The molecular weight excluding hydrogens is 360 g/mol. The van der Waals surface area contributed by atoms with Gasteiger partial charge in [0.15, 0.2) is 0 Å². The van der Waals surface area contributed by atoms with Crippen LogP contribution in [-0.4, -0.2) is 21.2 Å². The van der Waals surface area contributed by atoms with Crippen LogP contribution in [0.3, 0.4) is 0 Å². The summed E-state index contributed by atoms with van der Waals surface area (Å²) in [5.74, 6) is 0.620. The third-order valence-electron chi connectivity index (χ3n) is 4.91. The molecule has 0 aliphatic carbocycles. The SMILES string of the molecule is C/C(=N\NC(=O)Cn1c(C)nc2ccccc21)c1ccc(-c2ccccc2)cc1. The number of aromatic nitrogens is 2. The zero-order chi connectivity index (χ0) is 20.2. The number of aryl methyl sites for hydroxylation is 1. The monoisotopic (exact) mass is 382 g/mol. The summed E-state index contributed by atoms with van der Waals surface area (Å²) >= 11 is 0. The Morgan fingerprint density at radius 1 is 0.931 bits per heavy atom. The van der Waals surface area contributed by atoms with Crippen LogP contribution in [0.25, 0.3) is 22.2 Å². The van der Waals surface area contributed by atoms with Crippen molar-refractivity contribution in [2.24, 2.45) is 5.10 Å². The van der Waals surface area contributed by atoms with Gasteiger partial charge in [0.2, 0.25) is 0 Å². The molecule has 0 fully saturated rings. The maximum Gasteiger partial charge on any atom is 0.260 e. The van der Waals surface area contributed by atoms with E-state index in [1.165, 1.54) is 5.56 Å². The lowest BCUT2D eigenvalue weighted by molar-refractivity contribution is -0.121. The highest BCUT2D eigenvalue weighted by Crippen LogP contribution is 2.19. The molecule has 0 spiro atoms. The van der Waals surface area contributed by atoms with Gasteiger partial charge in [0.1, 0.15) is 12.4 Å². The summed E-state index contributed by atoms with van der Waals surface area (Å²) in [6, 6.07) is 26.2. The van der Waals surface area contributed by atoms with Gasteiger partial charge in [0.05, 0.1) is 16.7 Å². The lowest BCUT2D eigenvalue weighted by atomic mass is 10.0. The van der Waals surface area contributed by atoms with Gasteiger partial charge in [-0.15, -0.1) is 0 Å². The Balaban J connectivity index is 1.44. The van der Waals surface area contributed by atoms with Gasteiger partial charge in [-0.2, -0.15) is 5.10 Å². The van der Waals surface area contributed by atoms with Gasteiger partial charge in [-0.3, -0.25) is 4.79 Å². The average molecular weight is 382 g/mol. The van der Waals surface area contributed by atoms with Gasteiger partial charge in [-0.05, 0) is 42.7 Å². The van der Waals surface area contributed by atoms with Crippen molar-refractivity contribution in [3.63, 3.8) is 0 Å². The molecule has 4 rings (SSSR count). The number of para-hydroxylation sites is 2. The van der Waals surface area contributed by atoms with Crippen LogP contribution >= 0.6 is 0 Å². The predicted molar refractivity (Wildman–Crippen MR) is 117 cm³/mol. The zero-order valence-electron chi connectivity index (χ0n) is 16.5. The summed E-state index contributed by atoms with van der Waals surface area (Å²) < 4.78 is 1.89. The van der Waals surface area contributed by atoms with E-state index < -0.39 is 0 Å². The Labute approximate surface area is 169 Å². The molecule has 0 aliphatic heterocycles. The first-order valence-corrected chi connectivity index (χ1v) is 9.52. The molecule has 1 N–H and O–H groups in total. The quantitative estimate of drug-likeness (QED) is 0.407. The third-order valence-corrected chi connectivity index (χ3v) is 4.91. The summed E-state index contributed by atoms with van der Waals surface area (Å²) in [5, 5.41) is 4.27. The number of nitrogens with zero attached hydrogens (tertiary/aromatic N) is 3. The maximum atomic E-state index is 12.4. The molecular formula is C24H22N4O. The minimum absolute atomic E-state index is 0.177. The van der Waals surface area contributed by atoms with E-state index in [1.54, 1.807) is 0 Å². The van der Waals surface area contributed by atoms with Crippen molar-refractivity contribution in [3.8, 4) is 11.1 Å². The topological polar surface area (TPSA) is 59.3 Å². The van der Waals surface area contributed by atoms with Crippen LogP contribution in [0.15, 0.2) is 84.0 Å². The molecule has 29 heavy (non-hydrogen) atoms. The van der Waals surface area contributed by atoms with Crippen molar-refractivity contribution in [1.82, 2.24) is 15.0 Å². The minimum Gasteiger partial charge on any atom is -0.319 e. The summed E-state index contributed by atoms with van der Waals surface area (Å²) in [7, 11) is 0. The van der Waals surface area contributed by atoms with Crippen LogP contribution in [0.5, 0.6) is 0 Å². The Morgan fingerprint density at radius 2 is 1.59 bits per heavy atom. The molecule has 0 aliphatic rings. The molecule has 1 heterocycles. The highest BCUT2D eigenvalue weighted by atomic mass is 16.2. The fourth-order valence-electron chi connectivity index (χ4n) is 3.32. The van der Waals surface area contributed by atoms with Crippen LogP contribution < -0.4 is 5.43 Å². The molecule has 0 unspecified atom stereocenters. The van der Waals surface area contributed by atoms with E-state index in [1.807, 2.05) is 73.0 Å². The number of carbonyl (C=O) groups excluding carboxylic acids is 1. The molecule has 1 aromatic heterocycles. The molecule has 144 valence electrons. The number of rotatable bonds is 5. The summed E-state index contributed by atoms with van der Waals surface area (Å²) in [6.45, 7) is 3.96. The normalized spacial score (nSPS) is 11.6. The molecule has 3 aromatic carbocycles. The average Bonchev–Trinajstić information content (AvgIpc) is 3.08. The second kappa shape index (κ2) is 8.10. The van der Waals surface area contributed by atoms with E-state index in [2.05, 4.69) is 39.8 Å². The third kappa shape index (κ3) is 4.09. The van der Waals surface area contributed by atoms with Crippen molar-refractivity contribution < 1.29 is 4.79 Å². The van der Waals surface area contributed by atoms with E-state index >= 15 is 0 Å². The first kappa shape index (κ1) is 18.6. The largest absolute Gasteiger partial charge is 0.319 e. The molecule has 5 heteroatoms. The molecule has 0 saturated carbocycles. The van der Waals surface area contributed by atoms with Gasteiger partial charge in [-0.25, -0.2) is 10.4 Å². The molecule has 0 bridgehead atoms. The second-order valence-corrected chi connectivity index (χ2v) is 6.91. The number of carbonyl (C=O) groups is 1. The maximum absolute atomic E-state index is 12.4. The molecule has 5 nitrogen and oxygen atoms in total. The van der Waals surface area contributed by atoms with Crippen molar-refractivity contribution in [2.45, 2.75) is 20.4 Å². The van der Waals surface area contributed by atoms with Gasteiger partial charge >= 0.3 is 0 Å². The van der Waals surface area contributed by atoms with Gasteiger partial charge in [-0.1, -0.05) is 66.7 Å². The van der Waals surface area contributed by atoms with Crippen LogP contribution in [-0.2, 0) is 11.3 Å². The van der Waals surface area contributed by atoms with Gasteiger partial charge in [0.25, 0.3) is 5.91 Å². The minimum atomic E-state index is -0.184. The number of hydrazone groups is 1. The molecule has 0 radical (unpaired) electrons. The number of imidazole rings is 1. The molecule has 0 atom stereocenters.